The Morgan fingerprint density at radius 2 is 2.57 bits per heavy atom. The van der Waals surface area contributed by atoms with E-state index in [9.17, 15) is 4.79 Å². The van der Waals surface area contributed by atoms with Gasteiger partial charge in [-0.3, -0.25) is 0 Å². The van der Waals surface area contributed by atoms with Gasteiger partial charge in [0.15, 0.2) is 5.69 Å². The number of esters is 1. The normalized spacial score (nSPS) is 10.7. The Morgan fingerprint density at radius 3 is 3.21 bits per heavy atom. The number of aromatic nitrogens is 1. The molecule has 0 aromatic carbocycles. The highest BCUT2D eigenvalue weighted by Gasteiger charge is 2.09. The average molecular weight is 213 g/mol. The molecule has 5 heteroatoms. The van der Waals surface area contributed by atoms with Crippen LogP contribution in [-0.2, 0) is 4.74 Å². The number of hydrogen-bond acceptors (Lipinski definition) is 5. The molecule has 76 valence electrons. The van der Waals surface area contributed by atoms with Crippen molar-refractivity contribution in [3.8, 4) is 0 Å². The first-order valence-electron chi connectivity index (χ1n) is 4.18. The minimum atomic E-state index is -0.410. The number of carbonyl (C=O) groups is 1. The van der Waals surface area contributed by atoms with Crippen molar-refractivity contribution >= 4 is 23.4 Å². The van der Waals surface area contributed by atoms with E-state index in [-0.39, 0.29) is 6.61 Å². The lowest BCUT2D eigenvalue weighted by Crippen LogP contribution is -2.04. The lowest BCUT2D eigenvalue weighted by Gasteiger charge is -1.95. The van der Waals surface area contributed by atoms with Crippen LogP contribution >= 0.6 is 11.3 Å². The number of aliphatic hydroxyl groups is 1. The summed E-state index contributed by atoms with van der Waals surface area (Å²) >= 11 is 1.33. The molecule has 0 saturated heterocycles. The van der Waals surface area contributed by atoms with E-state index in [2.05, 4.69) is 4.98 Å². The zero-order chi connectivity index (χ0) is 10.4. The molecule has 0 amide bonds. The third-order valence-electron chi connectivity index (χ3n) is 1.37. The fourth-order valence-electron chi connectivity index (χ4n) is 0.816. The van der Waals surface area contributed by atoms with E-state index in [0.717, 1.165) is 0 Å². The van der Waals surface area contributed by atoms with Crippen LogP contribution in [0.1, 0.15) is 22.4 Å². The molecule has 1 heterocycles. The van der Waals surface area contributed by atoms with Gasteiger partial charge >= 0.3 is 5.97 Å². The molecule has 0 unspecified atom stereocenters. The Morgan fingerprint density at radius 1 is 1.79 bits per heavy atom. The number of nitrogens with zero attached hydrogens (tertiary/aromatic N) is 1. The van der Waals surface area contributed by atoms with E-state index >= 15 is 0 Å². The standard InChI is InChI=1S/C9H11NO3S/c1-2-13-9(12)7-6-14-8(10-7)4-3-5-11/h3-4,6,11H,2,5H2,1H3. The first-order chi connectivity index (χ1) is 6.77. The van der Waals surface area contributed by atoms with E-state index in [1.807, 2.05) is 0 Å². The lowest BCUT2D eigenvalue weighted by atomic mass is 10.5. The average Bonchev–Trinajstić information content (AvgIpc) is 2.63. The van der Waals surface area contributed by atoms with E-state index in [1.165, 1.54) is 11.3 Å². The number of ether oxygens (including phenoxy) is 1. The summed E-state index contributed by atoms with van der Waals surface area (Å²) in [5.74, 6) is -0.410. The number of carbonyl (C=O) groups excluding carboxylic acids is 1. The summed E-state index contributed by atoms with van der Waals surface area (Å²) in [4.78, 5) is 15.2. The topological polar surface area (TPSA) is 59.4 Å². The molecule has 0 bridgehead atoms. The summed E-state index contributed by atoms with van der Waals surface area (Å²) in [5, 5.41) is 10.8. The van der Waals surface area contributed by atoms with Crippen molar-refractivity contribution in [2.45, 2.75) is 6.92 Å². The third kappa shape index (κ3) is 2.93. The molecule has 4 nitrogen and oxygen atoms in total. The number of hydrogen-bond donors (Lipinski definition) is 1. The molecule has 14 heavy (non-hydrogen) atoms. The Hall–Kier alpha value is -1.20. The van der Waals surface area contributed by atoms with Gasteiger partial charge in [0.05, 0.1) is 13.2 Å². The van der Waals surface area contributed by atoms with E-state index in [1.54, 1.807) is 24.5 Å². The summed E-state index contributed by atoms with van der Waals surface area (Å²) < 4.78 is 4.78. The molecule has 0 spiro atoms. The second kappa shape index (κ2) is 5.51. The van der Waals surface area contributed by atoms with Gasteiger partial charge in [0.2, 0.25) is 0 Å². The highest BCUT2D eigenvalue weighted by atomic mass is 32.1. The van der Waals surface area contributed by atoms with Gasteiger partial charge in [-0.05, 0) is 13.0 Å². The zero-order valence-corrected chi connectivity index (χ0v) is 8.58. The Bertz CT molecular complexity index is 333. The summed E-state index contributed by atoms with van der Waals surface area (Å²) in [6.45, 7) is 2.06. The molecule has 1 rings (SSSR count). The maximum Gasteiger partial charge on any atom is 0.357 e. The summed E-state index contributed by atoms with van der Waals surface area (Å²) in [5.41, 5.74) is 0.314. The quantitative estimate of drug-likeness (QED) is 0.766. The van der Waals surface area contributed by atoms with E-state index < -0.39 is 5.97 Å². The molecular formula is C9H11NO3S. The van der Waals surface area contributed by atoms with Gasteiger partial charge in [0.1, 0.15) is 5.01 Å². The molecule has 1 N–H and O–H groups in total. The van der Waals surface area contributed by atoms with Crippen LogP contribution < -0.4 is 0 Å². The van der Waals surface area contributed by atoms with Gasteiger partial charge in [-0.2, -0.15) is 0 Å². The second-order valence-corrected chi connectivity index (χ2v) is 3.27. The van der Waals surface area contributed by atoms with Crippen LogP contribution in [0.25, 0.3) is 6.08 Å². The fraction of sp³-hybridized carbons (Fsp3) is 0.333. The van der Waals surface area contributed by atoms with Crippen molar-refractivity contribution in [3.05, 3.63) is 22.2 Å². The van der Waals surface area contributed by atoms with Crippen molar-refractivity contribution in [1.82, 2.24) is 4.98 Å². The van der Waals surface area contributed by atoms with Crippen molar-refractivity contribution in [2.24, 2.45) is 0 Å². The van der Waals surface area contributed by atoms with Gasteiger partial charge in [-0.1, -0.05) is 6.08 Å². The van der Waals surface area contributed by atoms with E-state index in [4.69, 9.17) is 9.84 Å². The highest BCUT2D eigenvalue weighted by Crippen LogP contribution is 2.12. The van der Waals surface area contributed by atoms with Crippen molar-refractivity contribution in [1.29, 1.82) is 0 Å². The van der Waals surface area contributed by atoms with E-state index in [0.29, 0.717) is 17.3 Å². The lowest BCUT2D eigenvalue weighted by molar-refractivity contribution is 0.0520. The Balaban J connectivity index is 2.67. The molecule has 0 atom stereocenters. The van der Waals surface area contributed by atoms with Crippen molar-refractivity contribution in [3.63, 3.8) is 0 Å². The predicted octanol–water partition coefficient (Wildman–Crippen LogP) is 1.33. The minimum Gasteiger partial charge on any atom is -0.461 e. The number of thiazole rings is 1. The van der Waals surface area contributed by atoms with Crippen LogP contribution in [0.2, 0.25) is 0 Å². The number of aliphatic hydroxyl groups excluding tert-OH is 1. The monoisotopic (exact) mass is 213 g/mol. The highest BCUT2D eigenvalue weighted by molar-refractivity contribution is 7.10. The molecule has 1 aromatic rings. The van der Waals surface area contributed by atoms with Crippen LogP contribution in [0.5, 0.6) is 0 Å². The first-order valence-corrected chi connectivity index (χ1v) is 5.06. The van der Waals surface area contributed by atoms with Gasteiger partial charge < -0.3 is 9.84 Å². The summed E-state index contributed by atoms with van der Waals surface area (Å²) in [6, 6.07) is 0. The summed E-state index contributed by atoms with van der Waals surface area (Å²) in [6.07, 6.45) is 3.22. The Kier molecular flexibility index (Phi) is 4.28. The maximum absolute atomic E-state index is 11.2. The molecule has 0 fully saturated rings. The van der Waals surface area contributed by atoms with Gasteiger partial charge in [-0.15, -0.1) is 11.3 Å². The molecule has 0 aliphatic heterocycles. The second-order valence-electron chi connectivity index (χ2n) is 2.38. The van der Waals surface area contributed by atoms with Crippen LogP contribution in [0.15, 0.2) is 11.5 Å². The van der Waals surface area contributed by atoms with Crippen LogP contribution in [0.3, 0.4) is 0 Å². The van der Waals surface area contributed by atoms with Crippen LogP contribution in [0.4, 0.5) is 0 Å². The Labute approximate surface area is 85.9 Å². The molecule has 0 radical (unpaired) electrons. The van der Waals surface area contributed by atoms with Crippen molar-refractivity contribution < 1.29 is 14.6 Å². The predicted molar refractivity (Wildman–Crippen MR) is 54.2 cm³/mol. The third-order valence-corrected chi connectivity index (χ3v) is 2.18. The maximum atomic E-state index is 11.2. The fourth-order valence-corrected chi connectivity index (χ4v) is 1.52. The zero-order valence-electron chi connectivity index (χ0n) is 7.77. The molecule has 0 aliphatic carbocycles. The largest absolute Gasteiger partial charge is 0.461 e. The van der Waals surface area contributed by atoms with Crippen LogP contribution in [0, 0.1) is 0 Å². The van der Waals surface area contributed by atoms with Crippen molar-refractivity contribution in [2.75, 3.05) is 13.2 Å². The van der Waals surface area contributed by atoms with Gasteiger partial charge in [-0.25, -0.2) is 9.78 Å². The SMILES string of the molecule is CCOC(=O)c1csc(C=CCO)n1. The minimum absolute atomic E-state index is 0.0334. The molecule has 0 saturated carbocycles. The molecule has 1 aromatic heterocycles. The van der Waals surface area contributed by atoms with Gasteiger partial charge in [0.25, 0.3) is 0 Å². The van der Waals surface area contributed by atoms with Crippen LogP contribution in [-0.4, -0.2) is 29.3 Å². The number of rotatable bonds is 4. The molecular weight excluding hydrogens is 202 g/mol. The first kappa shape index (κ1) is 10.9. The smallest absolute Gasteiger partial charge is 0.357 e. The summed E-state index contributed by atoms with van der Waals surface area (Å²) in [7, 11) is 0. The molecule has 0 aliphatic rings. The van der Waals surface area contributed by atoms with Gasteiger partial charge in [0, 0.05) is 5.38 Å².